The predicted molar refractivity (Wildman–Crippen MR) is 65.8 cm³/mol. The standard InChI is InChI=1S/C13H11ClO3/c14-11-10(15)6-5-8-7-3-1-2-4-9(7)13(16)17-12(8)11/h5-6,15H,1-4H2. The molecule has 0 radical (unpaired) electrons. The molecule has 1 aliphatic carbocycles. The lowest BCUT2D eigenvalue weighted by Gasteiger charge is -2.16. The number of aryl methyl sites for hydroxylation is 1. The summed E-state index contributed by atoms with van der Waals surface area (Å²) in [6.07, 6.45) is 3.74. The van der Waals surface area contributed by atoms with E-state index in [0.717, 1.165) is 42.2 Å². The van der Waals surface area contributed by atoms with Crippen molar-refractivity contribution in [3.63, 3.8) is 0 Å². The third-order valence-electron chi connectivity index (χ3n) is 3.31. The molecule has 88 valence electrons. The van der Waals surface area contributed by atoms with Crippen LogP contribution in [0.5, 0.6) is 5.75 Å². The van der Waals surface area contributed by atoms with Gasteiger partial charge in [-0.3, -0.25) is 0 Å². The zero-order valence-electron chi connectivity index (χ0n) is 9.12. The van der Waals surface area contributed by atoms with Crippen LogP contribution < -0.4 is 5.63 Å². The Morgan fingerprint density at radius 2 is 1.88 bits per heavy atom. The van der Waals surface area contributed by atoms with Crippen LogP contribution in [0.3, 0.4) is 0 Å². The summed E-state index contributed by atoms with van der Waals surface area (Å²) in [6, 6.07) is 3.31. The number of hydrogen-bond donors (Lipinski definition) is 1. The summed E-state index contributed by atoms with van der Waals surface area (Å²) in [6.45, 7) is 0. The van der Waals surface area contributed by atoms with Gasteiger partial charge >= 0.3 is 5.63 Å². The number of phenols is 1. The molecule has 0 bridgehead atoms. The van der Waals surface area contributed by atoms with E-state index in [2.05, 4.69) is 0 Å². The van der Waals surface area contributed by atoms with Crippen molar-refractivity contribution >= 4 is 22.6 Å². The van der Waals surface area contributed by atoms with Gasteiger partial charge in [0.05, 0.1) is 0 Å². The van der Waals surface area contributed by atoms with Crippen molar-refractivity contribution in [3.05, 3.63) is 38.7 Å². The van der Waals surface area contributed by atoms with E-state index in [1.165, 1.54) is 0 Å². The lowest BCUT2D eigenvalue weighted by Crippen LogP contribution is -2.15. The topological polar surface area (TPSA) is 50.4 Å². The molecule has 0 aliphatic heterocycles. The van der Waals surface area contributed by atoms with E-state index >= 15 is 0 Å². The summed E-state index contributed by atoms with van der Waals surface area (Å²) in [4.78, 5) is 11.8. The highest BCUT2D eigenvalue weighted by molar-refractivity contribution is 6.36. The Morgan fingerprint density at radius 1 is 1.18 bits per heavy atom. The average Bonchev–Trinajstić information content (AvgIpc) is 2.35. The van der Waals surface area contributed by atoms with Gasteiger partial charge in [-0.05, 0) is 43.4 Å². The number of halogens is 1. The van der Waals surface area contributed by atoms with Crippen molar-refractivity contribution in [1.29, 1.82) is 0 Å². The second-order valence-electron chi connectivity index (χ2n) is 4.33. The fourth-order valence-corrected chi connectivity index (χ4v) is 2.67. The quantitative estimate of drug-likeness (QED) is 0.731. The number of phenolic OH excluding ortho intramolecular Hbond substituents is 1. The van der Waals surface area contributed by atoms with Crippen LogP contribution in [0.2, 0.25) is 5.02 Å². The third kappa shape index (κ3) is 1.53. The van der Waals surface area contributed by atoms with Gasteiger partial charge in [-0.2, -0.15) is 0 Å². The molecule has 0 spiro atoms. The van der Waals surface area contributed by atoms with Gasteiger partial charge in [-0.25, -0.2) is 4.79 Å². The van der Waals surface area contributed by atoms with Crippen molar-refractivity contribution in [2.75, 3.05) is 0 Å². The number of rotatable bonds is 0. The van der Waals surface area contributed by atoms with Crippen molar-refractivity contribution in [2.45, 2.75) is 25.7 Å². The van der Waals surface area contributed by atoms with Gasteiger partial charge in [0, 0.05) is 10.9 Å². The van der Waals surface area contributed by atoms with E-state index in [0.29, 0.717) is 5.58 Å². The van der Waals surface area contributed by atoms with E-state index in [9.17, 15) is 9.90 Å². The molecule has 17 heavy (non-hydrogen) atoms. The summed E-state index contributed by atoms with van der Waals surface area (Å²) in [5, 5.41) is 10.5. The molecule has 0 atom stereocenters. The summed E-state index contributed by atoms with van der Waals surface area (Å²) in [5.41, 5.74) is 1.78. The van der Waals surface area contributed by atoms with Crippen molar-refractivity contribution in [3.8, 4) is 5.75 Å². The second-order valence-corrected chi connectivity index (χ2v) is 4.71. The number of hydrogen-bond acceptors (Lipinski definition) is 3. The summed E-state index contributed by atoms with van der Waals surface area (Å²) < 4.78 is 5.22. The number of benzene rings is 1. The smallest absolute Gasteiger partial charge is 0.339 e. The molecule has 0 unspecified atom stereocenters. The van der Waals surface area contributed by atoms with Gasteiger partial charge in [0.1, 0.15) is 10.8 Å². The van der Waals surface area contributed by atoms with Crippen LogP contribution in [-0.4, -0.2) is 5.11 Å². The van der Waals surface area contributed by atoms with E-state index in [1.807, 2.05) is 0 Å². The van der Waals surface area contributed by atoms with Crippen LogP contribution in [0.4, 0.5) is 0 Å². The molecule has 4 heteroatoms. The van der Waals surface area contributed by atoms with Gasteiger partial charge in [0.2, 0.25) is 0 Å². The molecule has 0 amide bonds. The van der Waals surface area contributed by atoms with Gasteiger partial charge in [0.15, 0.2) is 5.58 Å². The summed E-state index contributed by atoms with van der Waals surface area (Å²) >= 11 is 5.96. The summed E-state index contributed by atoms with van der Waals surface area (Å²) in [5.74, 6) is -0.0573. The number of fused-ring (bicyclic) bond motifs is 3. The summed E-state index contributed by atoms with van der Waals surface area (Å²) in [7, 11) is 0. The second kappa shape index (κ2) is 3.77. The zero-order valence-corrected chi connectivity index (χ0v) is 9.88. The highest BCUT2D eigenvalue weighted by atomic mass is 35.5. The van der Waals surface area contributed by atoms with Crippen LogP contribution in [0.15, 0.2) is 21.3 Å². The van der Waals surface area contributed by atoms with E-state index in [1.54, 1.807) is 12.1 Å². The van der Waals surface area contributed by atoms with E-state index in [-0.39, 0.29) is 16.4 Å². The zero-order chi connectivity index (χ0) is 12.0. The van der Waals surface area contributed by atoms with Gasteiger partial charge in [0.25, 0.3) is 0 Å². The van der Waals surface area contributed by atoms with Gasteiger partial charge in [-0.15, -0.1) is 0 Å². The molecule has 0 fully saturated rings. The number of aromatic hydroxyl groups is 1. The van der Waals surface area contributed by atoms with Crippen molar-refractivity contribution < 1.29 is 9.52 Å². The molecule has 3 nitrogen and oxygen atoms in total. The highest BCUT2D eigenvalue weighted by Gasteiger charge is 2.19. The predicted octanol–water partition coefficient (Wildman–Crippen LogP) is 3.03. The molecule has 1 aromatic carbocycles. The Morgan fingerprint density at radius 3 is 2.65 bits per heavy atom. The van der Waals surface area contributed by atoms with Gasteiger partial charge in [-0.1, -0.05) is 11.6 Å². The molecule has 0 saturated carbocycles. The normalized spacial score (nSPS) is 14.9. The Hall–Kier alpha value is -1.48. The molecule has 1 N–H and O–H groups in total. The minimum Gasteiger partial charge on any atom is -0.506 e. The van der Waals surface area contributed by atoms with Crippen molar-refractivity contribution in [1.82, 2.24) is 0 Å². The Bertz CT molecular complexity index is 658. The molecule has 1 heterocycles. The van der Waals surface area contributed by atoms with E-state index < -0.39 is 0 Å². The fraction of sp³-hybridized carbons (Fsp3) is 0.308. The van der Waals surface area contributed by atoms with Crippen LogP contribution in [0, 0.1) is 0 Å². The van der Waals surface area contributed by atoms with Crippen LogP contribution in [0.25, 0.3) is 11.0 Å². The highest BCUT2D eigenvalue weighted by Crippen LogP contribution is 2.35. The largest absolute Gasteiger partial charge is 0.506 e. The van der Waals surface area contributed by atoms with Crippen LogP contribution >= 0.6 is 11.6 Å². The Labute approximate surface area is 103 Å². The molecule has 1 aromatic heterocycles. The van der Waals surface area contributed by atoms with Crippen LogP contribution in [-0.2, 0) is 12.8 Å². The first-order valence-corrected chi connectivity index (χ1v) is 6.02. The van der Waals surface area contributed by atoms with Crippen LogP contribution in [0.1, 0.15) is 24.0 Å². The lowest BCUT2D eigenvalue weighted by atomic mass is 9.91. The van der Waals surface area contributed by atoms with Crippen molar-refractivity contribution in [2.24, 2.45) is 0 Å². The molecule has 2 aromatic rings. The Balaban J connectivity index is 2.46. The molecule has 1 aliphatic rings. The molecule has 0 saturated heterocycles. The maximum Gasteiger partial charge on any atom is 0.339 e. The minimum atomic E-state index is -0.320. The molecular weight excluding hydrogens is 240 g/mol. The monoisotopic (exact) mass is 250 g/mol. The molecule has 3 rings (SSSR count). The van der Waals surface area contributed by atoms with Gasteiger partial charge < -0.3 is 9.52 Å². The first-order chi connectivity index (χ1) is 8.18. The fourth-order valence-electron chi connectivity index (χ4n) is 2.47. The molecular formula is C13H11ClO3. The third-order valence-corrected chi connectivity index (χ3v) is 3.68. The van der Waals surface area contributed by atoms with E-state index in [4.69, 9.17) is 16.0 Å². The average molecular weight is 251 g/mol. The Kier molecular flexibility index (Phi) is 2.37. The first kappa shape index (κ1) is 10.7. The lowest BCUT2D eigenvalue weighted by molar-refractivity contribution is 0.472. The minimum absolute atomic E-state index is 0.0573. The maximum absolute atomic E-state index is 11.8. The SMILES string of the molecule is O=c1oc2c(Cl)c(O)ccc2c2c1CCCC2. The first-order valence-electron chi connectivity index (χ1n) is 5.64. The maximum atomic E-state index is 11.8.